The van der Waals surface area contributed by atoms with Crippen LogP contribution in [0.15, 0.2) is 0 Å². The first-order chi connectivity index (χ1) is 9.76. The second-order valence-corrected chi connectivity index (χ2v) is 7.04. The molecule has 1 unspecified atom stereocenters. The van der Waals surface area contributed by atoms with Gasteiger partial charge >= 0.3 is 0 Å². The number of hydrogen-bond acceptors (Lipinski definition) is 4. The van der Waals surface area contributed by atoms with Crippen LogP contribution in [0.3, 0.4) is 0 Å². The minimum atomic E-state index is 0.181. The van der Waals surface area contributed by atoms with Crippen LogP contribution in [0, 0.1) is 6.92 Å². The van der Waals surface area contributed by atoms with Crippen LogP contribution in [-0.4, -0.2) is 52.9 Å². The smallest absolute Gasteiger partial charge is 0.130 e. The monoisotopic (exact) mass is 293 g/mol. The van der Waals surface area contributed by atoms with Gasteiger partial charge in [-0.3, -0.25) is 9.58 Å². The fourth-order valence-electron chi connectivity index (χ4n) is 3.15. The van der Waals surface area contributed by atoms with Crippen molar-refractivity contribution in [1.82, 2.24) is 14.7 Å². The Morgan fingerprint density at radius 1 is 1.29 bits per heavy atom. The SMILES string of the molecule is CCC(N)Cc1c(C)nn(C)c1N1CCN(C)C(C)(C)C1. The fraction of sp³-hybridized carbons (Fsp3) is 0.812. The molecule has 0 amide bonds. The lowest BCUT2D eigenvalue weighted by Gasteiger charge is -2.46. The van der Waals surface area contributed by atoms with E-state index >= 15 is 0 Å². The van der Waals surface area contributed by atoms with E-state index in [0.29, 0.717) is 0 Å². The summed E-state index contributed by atoms with van der Waals surface area (Å²) in [6.07, 6.45) is 1.92. The minimum Gasteiger partial charge on any atom is -0.353 e. The van der Waals surface area contributed by atoms with E-state index in [1.165, 1.54) is 11.4 Å². The zero-order chi connectivity index (χ0) is 15.8. The fourth-order valence-corrected chi connectivity index (χ4v) is 3.15. The second kappa shape index (κ2) is 5.97. The van der Waals surface area contributed by atoms with E-state index in [0.717, 1.165) is 38.2 Å². The quantitative estimate of drug-likeness (QED) is 0.915. The highest BCUT2D eigenvalue weighted by atomic mass is 15.4. The highest BCUT2D eigenvalue weighted by Gasteiger charge is 2.33. The molecule has 2 heterocycles. The maximum atomic E-state index is 6.19. The summed E-state index contributed by atoms with van der Waals surface area (Å²) in [5.74, 6) is 1.26. The molecule has 1 aliphatic rings. The number of nitrogens with two attached hydrogens (primary N) is 1. The summed E-state index contributed by atoms with van der Waals surface area (Å²) in [5, 5.41) is 4.65. The molecule has 0 bridgehead atoms. The number of likely N-dealkylation sites (N-methyl/N-ethyl adjacent to an activating group) is 1. The number of aromatic nitrogens is 2. The Hall–Kier alpha value is -1.07. The zero-order valence-electron chi connectivity index (χ0n) is 14.5. The Kier molecular flexibility index (Phi) is 4.63. The van der Waals surface area contributed by atoms with Gasteiger partial charge < -0.3 is 10.6 Å². The number of hydrogen-bond donors (Lipinski definition) is 1. The molecule has 1 atom stereocenters. The summed E-state index contributed by atoms with van der Waals surface area (Å²) >= 11 is 0. The van der Waals surface area contributed by atoms with Crippen LogP contribution in [0.4, 0.5) is 5.82 Å². The lowest BCUT2D eigenvalue weighted by molar-refractivity contribution is 0.138. The summed E-state index contributed by atoms with van der Waals surface area (Å²) in [5.41, 5.74) is 8.82. The Morgan fingerprint density at radius 3 is 2.52 bits per heavy atom. The molecule has 0 spiro atoms. The highest BCUT2D eigenvalue weighted by molar-refractivity contribution is 5.51. The van der Waals surface area contributed by atoms with Gasteiger partial charge in [0, 0.05) is 43.8 Å². The predicted molar refractivity (Wildman–Crippen MR) is 88.8 cm³/mol. The number of aryl methyl sites for hydroxylation is 2. The van der Waals surface area contributed by atoms with E-state index in [1.807, 2.05) is 4.68 Å². The van der Waals surface area contributed by atoms with Crippen LogP contribution in [0.1, 0.15) is 38.4 Å². The third-order valence-electron chi connectivity index (χ3n) is 4.92. The molecule has 0 saturated carbocycles. The molecule has 0 aromatic carbocycles. The number of rotatable bonds is 4. The molecule has 1 aliphatic heterocycles. The Labute approximate surface area is 129 Å². The number of nitrogens with zero attached hydrogens (tertiary/aromatic N) is 4. The third-order valence-corrected chi connectivity index (χ3v) is 4.92. The van der Waals surface area contributed by atoms with Crippen molar-refractivity contribution in [1.29, 1.82) is 0 Å². The Bertz CT molecular complexity index is 491. The first kappa shape index (κ1) is 16.3. The van der Waals surface area contributed by atoms with Crippen molar-refractivity contribution in [2.24, 2.45) is 12.8 Å². The van der Waals surface area contributed by atoms with E-state index in [1.54, 1.807) is 0 Å². The molecule has 2 N–H and O–H groups in total. The first-order valence-electron chi connectivity index (χ1n) is 8.00. The van der Waals surface area contributed by atoms with Gasteiger partial charge in [0.1, 0.15) is 5.82 Å². The lowest BCUT2D eigenvalue weighted by atomic mass is 9.98. The van der Waals surface area contributed by atoms with Crippen molar-refractivity contribution in [3.8, 4) is 0 Å². The third kappa shape index (κ3) is 3.24. The van der Waals surface area contributed by atoms with E-state index in [4.69, 9.17) is 5.73 Å². The maximum absolute atomic E-state index is 6.19. The summed E-state index contributed by atoms with van der Waals surface area (Å²) in [6, 6.07) is 0.215. The van der Waals surface area contributed by atoms with Crippen LogP contribution in [-0.2, 0) is 13.5 Å². The van der Waals surface area contributed by atoms with Crippen molar-refractivity contribution in [2.75, 3.05) is 31.6 Å². The molecule has 1 aromatic heterocycles. The van der Waals surface area contributed by atoms with Gasteiger partial charge in [0.15, 0.2) is 0 Å². The molecule has 5 heteroatoms. The van der Waals surface area contributed by atoms with Crippen LogP contribution in [0.2, 0.25) is 0 Å². The predicted octanol–water partition coefficient (Wildman–Crippen LogP) is 1.54. The van der Waals surface area contributed by atoms with E-state index < -0.39 is 0 Å². The standard InChI is InChI=1S/C16H31N5/c1-7-13(17)10-14-12(2)18-20(6)15(14)21-9-8-19(5)16(3,4)11-21/h13H,7-11,17H2,1-6H3. The summed E-state index contributed by atoms with van der Waals surface area (Å²) < 4.78 is 2.04. The lowest BCUT2D eigenvalue weighted by Crippen LogP contribution is -2.58. The molecule has 1 saturated heterocycles. The molecular formula is C16H31N5. The first-order valence-corrected chi connectivity index (χ1v) is 8.00. The average molecular weight is 293 g/mol. The van der Waals surface area contributed by atoms with Crippen LogP contribution < -0.4 is 10.6 Å². The van der Waals surface area contributed by atoms with E-state index in [9.17, 15) is 0 Å². The largest absolute Gasteiger partial charge is 0.353 e. The molecule has 21 heavy (non-hydrogen) atoms. The molecule has 0 radical (unpaired) electrons. The second-order valence-electron chi connectivity index (χ2n) is 7.04. The van der Waals surface area contributed by atoms with Gasteiger partial charge in [-0.1, -0.05) is 6.92 Å². The van der Waals surface area contributed by atoms with Crippen LogP contribution >= 0.6 is 0 Å². The summed E-state index contributed by atoms with van der Waals surface area (Å²) in [4.78, 5) is 4.92. The Balaban J connectivity index is 2.31. The molecular weight excluding hydrogens is 262 g/mol. The Morgan fingerprint density at radius 2 is 1.95 bits per heavy atom. The maximum Gasteiger partial charge on any atom is 0.130 e. The number of anilines is 1. The van der Waals surface area contributed by atoms with Gasteiger partial charge in [-0.05, 0) is 40.7 Å². The molecule has 2 rings (SSSR count). The highest BCUT2D eigenvalue weighted by Crippen LogP contribution is 2.29. The van der Waals surface area contributed by atoms with Crippen molar-refractivity contribution in [3.63, 3.8) is 0 Å². The van der Waals surface area contributed by atoms with Gasteiger partial charge in [-0.25, -0.2) is 0 Å². The van der Waals surface area contributed by atoms with Gasteiger partial charge in [-0.2, -0.15) is 5.10 Å². The normalized spacial score (nSPS) is 20.8. The molecule has 1 aromatic rings. The van der Waals surface area contributed by atoms with Crippen LogP contribution in [0.25, 0.3) is 0 Å². The van der Waals surface area contributed by atoms with Gasteiger partial charge in [-0.15, -0.1) is 0 Å². The van der Waals surface area contributed by atoms with Crippen molar-refractivity contribution in [2.45, 2.75) is 52.1 Å². The number of piperazine rings is 1. The summed E-state index contributed by atoms with van der Waals surface area (Å²) in [6.45, 7) is 12.0. The average Bonchev–Trinajstić information content (AvgIpc) is 2.67. The molecule has 120 valence electrons. The van der Waals surface area contributed by atoms with Crippen molar-refractivity contribution < 1.29 is 0 Å². The molecule has 0 aliphatic carbocycles. The van der Waals surface area contributed by atoms with E-state index in [2.05, 4.69) is 56.7 Å². The van der Waals surface area contributed by atoms with E-state index in [-0.39, 0.29) is 11.6 Å². The molecule has 5 nitrogen and oxygen atoms in total. The van der Waals surface area contributed by atoms with Crippen LogP contribution in [0.5, 0.6) is 0 Å². The molecule has 1 fully saturated rings. The van der Waals surface area contributed by atoms with Crippen molar-refractivity contribution >= 4 is 5.82 Å². The van der Waals surface area contributed by atoms with Crippen molar-refractivity contribution in [3.05, 3.63) is 11.3 Å². The topological polar surface area (TPSA) is 50.3 Å². The minimum absolute atomic E-state index is 0.181. The van der Waals surface area contributed by atoms with Gasteiger partial charge in [0.05, 0.1) is 5.69 Å². The zero-order valence-corrected chi connectivity index (χ0v) is 14.5. The summed E-state index contributed by atoms with van der Waals surface area (Å²) in [7, 11) is 4.26. The van der Waals surface area contributed by atoms with Gasteiger partial charge in [0.2, 0.25) is 0 Å². The van der Waals surface area contributed by atoms with Gasteiger partial charge in [0.25, 0.3) is 0 Å².